The Morgan fingerprint density at radius 1 is 1.56 bits per heavy atom. The molecule has 0 saturated carbocycles. The minimum Gasteiger partial charge on any atom is -0.324 e. The number of likely N-dealkylation sites (N-methyl/N-ethyl adjacent to an activating group) is 1. The molecule has 0 fully saturated rings. The standard InChI is InChI=1S/C9H12BrN3O2.ClH/c1-11-4-8(14)12-6-3-7(10)9(15)13(2)5-6;/h3,5,11H,4H2,1-2H3,(H,12,14);1H. The van der Waals surface area contributed by atoms with Gasteiger partial charge in [0.25, 0.3) is 5.56 Å². The third-order valence-corrected chi connectivity index (χ3v) is 2.33. The zero-order chi connectivity index (χ0) is 11.4. The number of rotatable bonds is 3. The van der Waals surface area contributed by atoms with E-state index in [2.05, 4.69) is 26.6 Å². The monoisotopic (exact) mass is 309 g/mol. The highest BCUT2D eigenvalue weighted by Crippen LogP contribution is 2.10. The van der Waals surface area contributed by atoms with Crippen LogP contribution in [0.5, 0.6) is 0 Å². The average molecular weight is 311 g/mol. The SMILES string of the molecule is CNCC(=O)Nc1cc(Br)c(=O)n(C)c1.Cl. The van der Waals surface area contributed by atoms with Crippen LogP contribution in [0.15, 0.2) is 21.5 Å². The molecule has 0 radical (unpaired) electrons. The highest BCUT2D eigenvalue weighted by Gasteiger charge is 2.04. The quantitative estimate of drug-likeness (QED) is 0.865. The summed E-state index contributed by atoms with van der Waals surface area (Å²) in [4.78, 5) is 22.6. The van der Waals surface area contributed by atoms with Crippen LogP contribution in [0.2, 0.25) is 0 Å². The number of carbonyl (C=O) groups excluding carboxylic acids is 1. The number of hydrogen-bond acceptors (Lipinski definition) is 3. The van der Waals surface area contributed by atoms with Crippen molar-refractivity contribution in [2.45, 2.75) is 0 Å². The number of aryl methyl sites for hydroxylation is 1. The molecule has 2 N–H and O–H groups in total. The third kappa shape index (κ3) is 3.96. The van der Waals surface area contributed by atoms with Crippen LogP contribution in [-0.2, 0) is 11.8 Å². The minimum atomic E-state index is -0.150. The molecule has 1 rings (SSSR count). The first-order valence-electron chi connectivity index (χ1n) is 4.35. The maximum Gasteiger partial charge on any atom is 0.264 e. The molecule has 90 valence electrons. The van der Waals surface area contributed by atoms with Gasteiger partial charge in [-0.3, -0.25) is 9.59 Å². The maximum atomic E-state index is 11.3. The minimum absolute atomic E-state index is 0. The lowest BCUT2D eigenvalue weighted by molar-refractivity contribution is -0.115. The number of nitrogens with one attached hydrogen (secondary N) is 2. The highest BCUT2D eigenvalue weighted by molar-refractivity contribution is 9.10. The molecule has 1 amide bonds. The summed E-state index contributed by atoms with van der Waals surface area (Å²) >= 11 is 3.13. The summed E-state index contributed by atoms with van der Waals surface area (Å²) in [5.74, 6) is -0.150. The first kappa shape index (κ1) is 15.2. The smallest absolute Gasteiger partial charge is 0.264 e. The van der Waals surface area contributed by atoms with Crippen LogP contribution in [0.3, 0.4) is 0 Å². The van der Waals surface area contributed by atoms with Gasteiger partial charge in [0.1, 0.15) is 0 Å². The van der Waals surface area contributed by atoms with Crippen molar-refractivity contribution in [2.75, 3.05) is 18.9 Å². The molecule has 1 heterocycles. The van der Waals surface area contributed by atoms with E-state index in [0.29, 0.717) is 10.2 Å². The second-order valence-electron chi connectivity index (χ2n) is 3.07. The molecule has 5 nitrogen and oxygen atoms in total. The summed E-state index contributed by atoms with van der Waals surface area (Å²) in [6.45, 7) is 0.237. The zero-order valence-electron chi connectivity index (χ0n) is 8.91. The van der Waals surface area contributed by atoms with E-state index in [1.54, 1.807) is 26.4 Å². The third-order valence-electron chi connectivity index (χ3n) is 1.76. The van der Waals surface area contributed by atoms with Crippen molar-refractivity contribution in [3.63, 3.8) is 0 Å². The number of hydrogen-bond donors (Lipinski definition) is 2. The van der Waals surface area contributed by atoms with Gasteiger partial charge in [0.05, 0.1) is 16.7 Å². The number of carbonyl (C=O) groups is 1. The van der Waals surface area contributed by atoms with E-state index in [-0.39, 0.29) is 30.4 Å². The highest BCUT2D eigenvalue weighted by atomic mass is 79.9. The summed E-state index contributed by atoms with van der Waals surface area (Å²) in [5.41, 5.74) is 0.450. The van der Waals surface area contributed by atoms with Gasteiger partial charge in [-0.2, -0.15) is 0 Å². The van der Waals surface area contributed by atoms with E-state index in [4.69, 9.17) is 0 Å². The molecule has 16 heavy (non-hydrogen) atoms. The van der Waals surface area contributed by atoms with Gasteiger partial charge in [-0.25, -0.2) is 0 Å². The average Bonchev–Trinajstić information content (AvgIpc) is 2.14. The molecule has 0 aromatic carbocycles. The van der Waals surface area contributed by atoms with Crippen molar-refractivity contribution in [1.29, 1.82) is 0 Å². The second-order valence-corrected chi connectivity index (χ2v) is 3.93. The Kier molecular flexibility index (Phi) is 6.32. The number of pyridine rings is 1. The van der Waals surface area contributed by atoms with Gasteiger partial charge >= 0.3 is 0 Å². The number of nitrogens with zero attached hydrogens (tertiary/aromatic N) is 1. The normalized spacial score (nSPS) is 9.44. The molecule has 1 aromatic heterocycles. The Morgan fingerprint density at radius 2 is 2.19 bits per heavy atom. The Hall–Kier alpha value is -0.850. The lowest BCUT2D eigenvalue weighted by atomic mass is 10.4. The predicted octanol–water partition coefficient (Wildman–Crippen LogP) is 0.727. The van der Waals surface area contributed by atoms with Gasteiger partial charge in [-0.1, -0.05) is 0 Å². The number of amides is 1. The second kappa shape index (κ2) is 6.67. The fraction of sp³-hybridized carbons (Fsp3) is 0.333. The summed E-state index contributed by atoms with van der Waals surface area (Å²) in [6, 6.07) is 1.58. The molecular weight excluding hydrogens is 297 g/mol. The Balaban J connectivity index is 0.00000225. The van der Waals surface area contributed by atoms with E-state index in [1.807, 2.05) is 0 Å². The van der Waals surface area contributed by atoms with Crippen molar-refractivity contribution in [1.82, 2.24) is 9.88 Å². The van der Waals surface area contributed by atoms with Crippen molar-refractivity contribution in [2.24, 2.45) is 7.05 Å². The lowest BCUT2D eigenvalue weighted by Crippen LogP contribution is -2.26. The van der Waals surface area contributed by atoms with Crippen molar-refractivity contribution in [3.8, 4) is 0 Å². The van der Waals surface area contributed by atoms with Crippen LogP contribution < -0.4 is 16.2 Å². The molecule has 0 aliphatic heterocycles. The molecule has 7 heteroatoms. The number of aromatic nitrogens is 1. The van der Waals surface area contributed by atoms with Crippen LogP contribution >= 0.6 is 28.3 Å². The van der Waals surface area contributed by atoms with Gasteiger partial charge < -0.3 is 15.2 Å². The summed E-state index contributed by atoms with van der Waals surface area (Å²) in [5, 5.41) is 5.40. The summed E-state index contributed by atoms with van der Waals surface area (Å²) in [6.07, 6.45) is 1.57. The Bertz CT molecular complexity index is 407. The van der Waals surface area contributed by atoms with E-state index in [0.717, 1.165) is 0 Å². The Morgan fingerprint density at radius 3 is 2.69 bits per heavy atom. The van der Waals surface area contributed by atoms with Crippen LogP contribution in [0.4, 0.5) is 5.69 Å². The van der Waals surface area contributed by atoms with Gasteiger partial charge in [-0.05, 0) is 29.0 Å². The van der Waals surface area contributed by atoms with Crippen LogP contribution in [0.25, 0.3) is 0 Å². The van der Waals surface area contributed by atoms with Crippen LogP contribution in [0.1, 0.15) is 0 Å². The molecule has 0 aliphatic carbocycles. The maximum absolute atomic E-state index is 11.3. The van der Waals surface area contributed by atoms with E-state index >= 15 is 0 Å². The predicted molar refractivity (Wildman–Crippen MR) is 69.2 cm³/mol. The molecule has 0 bridgehead atoms. The lowest BCUT2D eigenvalue weighted by Gasteiger charge is -2.07. The fourth-order valence-electron chi connectivity index (χ4n) is 1.11. The van der Waals surface area contributed by atoms with Crippen molar-refractivity contribution < 1.29 is 4.79 Å². The number of halogens is 2. The summed E-state index contributed by atoms with van der Waals surface area (Å²) < 4.78 is 1.83. The zero-order valence-corrected chi connectivity index (χ0v) is 11.3. The van der Waals surface area contributed by atoms with Crippen molar-refractivity contribution in [3.05, 3.63) is 27.1 Å². The molecule has 0 unspecified atom stereocenters. The van der Waals surface area contributed by atoms with Gasteiger partial charge in [0.2, 0.25) is 5.91 Å². The number of anilines is 1. The van der Waals surface area contributed by atoms with Gasteiger partial charge in [-0.15, -0.1) is 12.4 Å². The topological polar surface area (TPSA) is 63.1 Å². The molecule has 0 aliphatic rings. The van der Waals surface area contributed by atoms with E-state index in [1.165, 1.54) is 4.57 Å². The van der Waals surface area contributed by atoms with Crippen LogP contribution in [-0.4, -0.2) is 24.1 Å². The van der Waals surface area contributed by atoms with E-state index in [9.17, 15) is 9.59 Å². The molecule has 0 saturated heterocycles. The fourth-order valence-corrected chi connectivity index (χ4v) is 1.63. The Labute approximate surface area is 108 Å². The first-order chi connectivity index (χ1) is 7.04. The molecule has 0 atom stereocenters. The molecular formula is C9H13BrClN3O2. The van der Waals surface area contributed by atoms with Gasteiger partial charge in [0, 0.05) is 13.2 Å². The van der Waals surface area contributed by atoms with Gasteiger partial charge in [0.15, 0.2) is 0 Å². The largest absolute Gasteiger partial charge is 0.324 e. The molecule has 1 aromatic rings. The first-order valence-corrected chi connectivity index (χ1v) is 5.14. The molecule has 0 spiro atoms. The van der Waals surface area contributed by atoms with E-state index < -0.39 is 0 Å². The van der Waals surface area contributed by atoms with Crippen molar-refractivity contribution >= 4 is 39.9 Å². The summed E-state index contributed by atoms with van der Waals surface area (Å²) in [7, 11) is 3.32. The van der Waals surface area contributed by atoms with Crippen LogP contribution in [0, 0.1) is 0 Å².